The third-order valence-corrected chi connectivity index (χ3v) is 10.0. The average molecular weight is 765 g/mol. The number of unbranched alkanes of at least 4 members (excludes halogenated alkanes) is 1. The van der Waals surface area contributed by atoms with Crippen molar-refractivity contribution in [2.75, 3.05) is 26.2 Å². The van der Waals surface area contributed by atoms with E-state index in [-0.39, 0.29) is 68.7 Å². The fourth-order valence-electron chi connectivity index (χ4n) is 7.25. The quantitative estimate of drug-likeness (QED) is 0.154. The van der Waals surface area contributed by atoms with Crippen molar-refractivity contribution in [3.63, 3.8) is 0 Å². The van der Waals surface area contributed by atoms with Crippen LogP contribution in [0, 0.1) is 24.7 Å². The van der Waals surface area contributed by atoms with E-state index in [4.69, 9.17) is 10.2 Å². The topological polar surface area (TPSA) is 213 Å². The molecule has 15 heteroatoms. The van der Waals surface area contributed by atoms with E-state index < -0.39 is 72.1 Å². The summed E-state index contributed by atoms with van der Waals surface area (Å²) in [6.07, 6.45) is 1.90. The van der Waals surface area contributed by atoms with Gasteiger partial charge >= 0.3 is 5.97 Å². The summed E-state index contributed by atoms with van der Waals surface area (Å²) >= 11 is 0. The van der Waals surface area contributed by atoms with E-state index >= 15 is 0 Å². The SMILES string of the molecule is Cc1ccc(CC(NC(=O)C(CC(=O)C(CCCCN)N2CC3N(C(=O)c4ccco4)CC(NC(=O)CC(C)C)C(=O)N3CC2=O)CC(C)C)C(=O)O)cc1. The van der Waals surface area contributed by atoms with Crippen molar-refractivity contribution in [3.8, 4) is 0 Å². The molecule has 2 aliphatic heterocycles. The van der Waals surface area contributed by atoms with E-state index in [1.165, 1.54) is 27.0 Å². The van der Waals surface area contributed by atoms with Crippen molar-refractivity contribution < 1.29 is 43.1 Å². The standard InChI is InChI=1S/C40H56N6O9/c1-24(2)17-28(37(50)43-29(40(53)54)19-27-13-11-26(5)12-14-27)20-32(47)31(9-6-7-15-41)44-22-35-45(39(52)33-10-8-16-55-33)21-30(42-34(48)18-25(3)4)38(51)46(35)23-36(44)49/h8,10-14,16,24-25,28-31,35H,6-7,9,15,17-23,41H2,1-5H3,(H,42,48)(H,43,50)(H,53,54). The summed E-state index contributed by atoms with van der Waals surface area (Å²) in [5.74, 6) is -5.00. The maximum absolute atomic E-state index is 14.4. The number of nitrogens with one attached hydrogen (secondary N) is 2. The van der Waals surface area contributed by atoms with E-state index in [1.807, 2.05) is 58.9 Å². The molecule has 300 valence electrons. The monoisotopic (exact) mass is 764 g/mol. The highest BCUT2D eigenvalue weighted by atomic mass is 16.4. The number of carbonyl (C=O) groups excluding carboxylic acids is 6. The lowest BCUT2D eigenvalue weighted by Gasteiger charge is -2.51. The number of ketones is 1. The molecule has 0 bridgehead atoms. The molecule has 4 rings (SSSR count). The van der Waals surface area contributed by atoms with Gasteiger partial charge in [0.05, 0.1) is 25.4 Å². The summed E-state index contributed by atoms with van der Waals surface area (Å²) in [4.78, 5) is 98.8. The second-order valence-corrected chi connectivity index (χ2v) is 15.5. The molecule has 5 N–H and O–H groups in total. The van der Waals surface area contributed by atoms with Gasteiger partial charge in [-0.25, -0.2) is 4.79 Å². The fraction of sp³-hybridized carbons (Fsp3) is 0.575. The lowest BCUT2D eigenvalue weighted by molar-refractivity contribution is -0.165. The summed E-state index contributed by atoms with van der Waals surface area (Å²) in [5.41, 5.74) is 7.53. The zero-order chi connectivity index (χ0) is 40.4. The summed E-state index contributed by atoms with van der Waals surface area (Å²) < 4.78 is 5.40. The number of hydrogen-bond acceptors (Lipinski definition) is 9. The van der Waals surface area contributed by atoms with Crippen LogP contribution in [0.4, 0.5) is 0 Å². The van der Waals surface area contributed by atoms with Gasteiger partial charge in [0.2, 0.25) is 23.6 Å². The van der Waals surface area contributed by atoms with Crippen molar-refractivity contribution >= 4 is 41.3 Å². The molecular formula is C40H56N6O9. The summed E-state index contributed by atoms with van der Waals surface area (Å²) in [7, 11) is 0. The normalized spacial score (nSPS) is 18.9. The third-order valence-electron chi connectivity index (χ3n) is 10.0. The zero-order valence-electron chi connectivity index (χ0n) is 32.5. The molecule has 1 aromatic heterocycles. The molecule has 5 unspecified atom stereocenters. The molecule has 2 aromatic rings. The molecule has 5 amide bonds. The first-order valence-electron chi connectivity index (χ1n) is 19.1. The van der Waals surface area contributed by atoms with E-state index in [1.54, 1.807) is 6.07 Å². The highest BCUT2D eigenvalue weighted by Crippen LogP contribution is 2.28. The Morgan fingerprint density at radius 1 is 0.964 bits per heavy atom. The van der Waals surface area contributed by atoms with Gasteiger partial charge in [-0.3, -0.25) is 28.8 Å². The molecule has 0 saturated carbocycles. The third kappa shape index (κ3) is 11.5. The second kappa shape index (κ2) is 19.5. The zero-order valence-corrected chi connectivity index (χ0v) is 32.5. The van der Waals surface area contributed by atoms with Crippen molar-refractivity contribution in [1.82, 2.24) is 25.3 Å². The molecule has 15 nitrogen and oxygen atoms in total. The van der Waals surface area contributed by atoms with Gasteiger partial charge in [-0.2, -0.15) is 0 Å². The van der Waals surface area contributed by atoms with Gasteiger partial charge in [0.15, 0.2) is 11.5 Å². The number of benzene rings is 1. The molecule has 2 saturated heterocycles. The predicted molar refractivity (Wildman–Crippen MR) is 202 cm³/mol. The number of fused-ring (bicyclic) bond motifs is 1. The van der Waals surface area contributed by atoms with Crippen LogP contribution in [0.2, 0.25) is 0 Å². The number of amides is 5. The molecule has 0 spiro atoms. The number of Topliss-reactive ketones (excluding diaryl/α,β-unsaturated/α-hetero) is 1. The number of hydrogen-bond donors (Lipinski definition) is 4. The van der Waals surface area contributed by atoms with Gasteiger partial charge in [0.25, 0.3) is 5.91 Å². The minimum atomic E-state index is -1.23. The van der Waals surface area contributed by atoms with E-state index in [2.05, 4.69) is 10.6 Å². The molecule has 0 radical (unpaired) electrons. The molecule has 55 heavy (non-hydrogen) atoms. The minimum Gasteiger partial charge on any atom is -0.480 e. The fourth-order valence-corrected chi connectivity index (χ4v) is 7.25. The molecule has 1 aromatic carbocycles. The molecule has 2 fully saturated rings. The number of carbonyl (C=O) groups is 7. The largest absolute Gasteiger partial charge is 0.480 e. The van der Waals surface area contributed by atoms with Crippen LogP contribution in [0.25, 0.3) is 0 Å². The van der Waals surface area contributed by atoms with Gasteiger partial charge in [0.1, 0.15) is 24.8 Å². The summed E-state index contributed by atoms with van der Waals surface area (Å²) in [6.45, 7) is 8.98. The number of rotatable bonds is 19. The van der Waals surface area contributed by atoms with Crippen LogP contribution in [-0.2, 0) is 35.2 Å². The predicted octanol–water partition coefficient (Wildman–Crippen LogP) is 2.50. The van der Waals surface area contributed by atoms with Gasteiger partial charge < -0.3 is 40.6 Å². The van der Waals surface area contributed by atoms with E-state index in [0.29, 0.717) is 19.4 Å². The maximum atomic E-state index is 14.4. The average Bonchev–Trinajstić information content (AvgIpc) is 3.66. The Bertz CT molecular complexity index is 1680. The number of furan rings is 1. The Hall–Kier alpha value is -5.05. The first-order chi connectivity index (χ1) is 26.1. The van der Waals surface area contributed by atoms with E-state index in [9.17, 15) is 38.7 Å². The van der Waals surface area contributed by atoms with Crippen LogP contribution in [0.5, 0.6) is 0 Å². The maximum Gasteiger partial charge on any atom is 0.326 e. The lowest BCUT2D eigenvalue weighted by atomic mass is 9.87. The number of carboxylic acid groups (broad SMARTS) is 1. The smallest absolute Gasteiger partial charge is 0.326 e. The van der Waals surface area contributed by atoms with Gasteiger partial charge in [-0.15, -0.1) is 0 Å². The highest BCUT2D eigenvalue weighted by molar-refractivity contribution is 5.98. The Balaban J connectivity index is 1.59. The van der Waals surface area contributed by atoms with Gasteiger partial charge in [0, 0.05) is 25.2 Å². The summed E-state index contributed by atoms with van der Waals surface area (Å²) in [5, 5.41) is 15.4. The van der Waals surface area contributed by atoms with Gasteiger partial charge in [-0.05, 0) is 68.7 Å². The van der Waals surface area contributed by atoms with Crippen LogP contribution in [0.15, 0.2) is 47.1 Å². The van der Waals surface area contributed by atoms with Crippen molar-refractivity contribution in [2.45, 2.75) is 104 Å². The molecular weight excluding hydrogens is 708 g/mol. The number of piperazine rings is 1. The second-order valence-electron chi connectivity index (χ2n) is 15.5. The van der Waals surface area contributed by atoms with Crippen LogP contribution < -0.4 is 16.4 Å². The van der Waals surface area contributed by atoms with E-state index in [0.717, 1.165) is 11.1 Å². The van der Waals surface area contributed by atoms with Crippen molar-refractivity contribution in [2.24, 2.45) is 23.5 Å². The Labute approximate surface area is 322 Å². The minimum absolute atomic E-state index is 0.00478. The Kier molecular flexibility index (Phi) is 15.1. The Morgan fingerprint density at radius 3 is 2.27 bits per heavy atom. The molecule has 5 atom stereocenters. The van der Waals surface area contributed by atoms with Crippen LogP contribution in [0.3, 0.4) is 0 Å². The van der Waals surface area contributed by atoms with Crippen LogP contribution in [-0.4, -0.2) is 112 Å². The van der Waals surface area contributed by atoms with Crippen molar-refractivity contribution in [3.05, 3.63) is 59.5 Å². The number of aryl methyl sites for hydroxylation is 1. The number of nitrogens with zero attached hydrogens (tertiary/aromatic N) is 3. The van der Waals surface area contributed by atoms with Crippen LogP contribution >= 0.6 is 0 Å². The number of nitrogens with two attached hydrogens (primary N) is 1. The van der Waals surface area contributed by atoms with Gasteiger partial charge in [-0.1, -0.05) is 57.5 Å². The first-order valence-corrected chi connectivity index (χ1v) is 19.1. The molecule has 0 aliphatic carbocycles. The molecule has 2 aliphatic rings. The van der Waals surface area contributed by atoms with Crippen molar-refractivity contribution in [1.29, 1.82) is 0 Å². The number of aliphatic carboxylic acids is 1. The lowest BCUT2D eigenvalue weighted by Crippen LogP contribution is -2.74. The summed E-state index contributed by atoms with van der Waals surface area (Å²) in [6, 6.07) is 7.04. The Morgan fingerprint density at radius 2 is 1.67 bits per heavy atom. The molecule has 3 heterocycles. The highest BCUT2D eigenvalue weighted by Gasteiger charge is 2.50. The number of carboxylic acids is 1. The first kappa shape index (κ1) is 42.7. The van der Waals surface area contributed by atoms with Crippen LogP contribution in [0.1, 0.15) is 87.9 Å².